The predicted molar refractivity (Wildman–Crippen MR) is 129 cm³/mol. The normalized spacial score (nSPS) is 18.2. The number of sulfonamides is 1. The van der Waals surface area contributed by atoms with Crippen LogP contribution in [0, 0.1) is 13.8 Å². The highest BCUT2D eigenvalue weighted by molar-refractivity contribution is 7.92. The van der Waals surface area contributed by atoms with Crippen molar-refractivity contribution in [2.45, 2.75) is 71.6 Å². The lowest BCUT2D eigenvalue weighted by Gasteiger charge is -2.42. The zero-order valence-corrected chi connectivity index (χ0v) is 20.6. The molecule has 0 aliphatic carbocycles. The van der Waals surface area contributed by atoms with E-state index < -0.39 is 16.1 Å². The molecule has 1 heterocycles. The lowest BCUT2D eigenvalue weighted by Crippen LogP contribution is -2.51. The van der Waals surface area contributed by atoms with Gasteiger partial charge in [0.15, 0.2) is 0 Å². The molecule has 3 rings (SSSR count). The van der Waals surface area contributed by atoms with E-state index in [1.807, 2.05) is 44.2 Å². The Morgan fingerprint density at radius 3 is 2.31 bits per heavy atom. The first kappa shape index (κ1) is 24.1. The highest BCUT2D eigenvalue weighted by Gasteiger charge is 2.40. The van der Waals surface area contributed by atoms with Crippen LogP contribution < -0.4 is 14.4 Å². The minimum Gasteiger partial charge on any atom is -0.487 e. The Kier molecular flexibility index (Phi) is 6.89. The number of benzene rings is 2. The summed E-state index contributed by atoms with van der Waals surface area (Å²) in [6, 6.07) is 12.1. The standard InChI is InChI=1S/C25H34N2O4S/c1-7-25(8-2)16-22(21-11-9-10-12-23(21)31-25)26-24(28)19(5)27(32(6,29)30)20-14-17(3)13-18(4)15-20/h9-15,19,22H,7-8,16H2,1-6H3,(H,26,28)/t19-,22+/m0/s1. The summed E-state index contributed by atoms with van der Waals surface area (Å²) >= 11 is 0. The Bertz CT molecular complexity index is 1070. The van der Waals surface area contributed by atoms with Crippen molar-refractivity contribution >= 4 is 21.6 Å². The Morgan fingerprint density at radius 1 is 1.16 bits per heavy atom. The second kappa shape index (κ2) is 9.14. The molecule has 0 spiro atoms. The molecule has 0 saturated heterocycles. The monoisotopic (exact) mass is 458 g/mol. The number of hydrogen-bond donors (Lipinski definition) is 1. The summed E-state index contributed by atoms with van der Waals surface area (Å²) in [5.74, 6) is 0.437. The predicted octanol–water partition coefficient (Wildman–Crippen LogP) is 4.66. The van der Waals surface area contributed by atoms with Crippen molar-refractivity contribution in [3.8, 4) is 5.75 Å². The lowest BCUT2D eigenvalue weighted by molar-refractivity contribution is -0.123. The zero-order valence-electron chi connectivity index (χ0n) is 19.8. The van der Waals surface area contributed by atoms with E-state index in [0.29, 0.717) is 12.1 Å². The van der Waals surface area contributed by atoms with Crippen molar-refractivity contribution in [3.05, 3.63) is 59.2 Å². The molecule has 0 fully saturated rings. The number of para-hydroxylation sites is 1. The van der Waals surface area contributed by atoms with Crippen LogP contribution in [0.5, 0.6) is 5.75 Å². The number of aryl methyl sites for hydroxylation is 2. The van der Waals surface area contributed by atoms with Crippen LogP contribution in [-0.2, 0) is 14.8 Å². The quantitative estimate of drug-likeness (QED) is 0.655. The molecule has 2 aromatic rings. The molecule has 6 nitrogen and oxygen atoms in total. The van der Waals surface area contributed by atoms with Gasteiger partial charge in [0.25, 0.3) is 0 Å². The molecular formula is C25H34N2O4S. The lowest BCUT2D eigenvalue weighted by atomic mass is 9.83. The third-order valence-corrected chi connectivity index (χ3v) is 7.59. The van der Waals surface area contributed by atoms with Gasteiger partial charge in [0, 0.05) is 12.0 Å². The summed E-state index contributed by atoms with van der Waals surface area (Å²) in [5, 5.41) is 3.12. The number of anilines is 1. The zero-order chi connectivity index (χ0) is 23.7. The van der Waals surface area contributed by atoms with Gasteiger partial charge in [-0.05, 0) is 62.9 Å². The van der Waals surface area contributed by atoms with Gasteiger partial charge in [-0.25, -0.2) is 8.42 Å². The summed E-state index contributed by atoms with van der Waals surface area (Å²) in [6.07, 6.45) is 3.41. The number of ether oxygens (including phenoxy) is 1. The minimum atomic E-state index is -3.68. The molecule has 174 valence electrons. The fourth-order valence-corrected chi connectivity index (χ4v) is 5.77. The second-order valence-electron chi connectivity index (χ2n) is 8.88. The molecule has 0 radical (unpaired) electrons. The van der Waals surface area contributed by atoms with Crippen LogP contribution in [0.25, 0.3) is 0 Å². The molecule has 0 saturated carbocycles. The van der Waals surface area contributed by atoms with Crippen LogP contribution >= 0.6 is 0 Å². The highest BCUT2D eigenvalue weighted by Crippen LogP contribution is 2.42. The van der Waals surface area contributed by atoms with Crippen LogP contribution in [-0.4, -0.2) is 32.2 Å². The number of nitrogens with zero attached hydrogens (tertiary/aromatic N) is 1. The molecule has 0 aromatic heterocycles. The summed E-state index contributed by atoms with van der Waals surface area (Å²) in [6.45, 7) is 9.63. The third-order valence-electron chi connectivity index (χ3n) is 6.35. The number of nitrogens with one attached hydrogen (secondary N) is 1. The Hall–Kier alpha value is -2.54. The van der Waals surface area contributed by atoms with Gasteiger partial charge in [0.2, 0.25) is 15.9 Å². The molecule has 0 unspecified atom stereocenters. The van der Waals surface area contributed by atoms with Crippen molar-refractivity contribution in [1.82, 2.24) is 5.32 Å². The molecule has 0 bridgehead atoms. The first-order valence-corrected chi connectivity index (χ1v) is 13.0. The average molecular weight is 459 g/mol. The fraction of sp³-hybridized carbons (Fsp3) is 0.480. The van der Waals surface area contributed by atoms with E-state index in [1.54, 1.807) is 19.1 Å². The van der Waals surface area contributed by atoms with Gasteiger partial charge < -0.3 is 10.1 Å². The van der Waals surface area contributed by atoms with E-state index in [2.05, 4.69) is 19.2 Å². The maximum absolute atomic E-state index is 13.4. The number of carbonyl (C=O) groups excluding carboxylic acids is 1. The van der Waals surface area contributed by atoms with Gasteiger partial charge in [-0.15, -0.1) is 0 Å². The number of hydrogen-bond acceptors (Lipinski definition) is 4. The van der Waals surface area contributed by atoms with Gasteiger partial charge in [0.05, 0.1) is 18.0 Å². The van der Waals surface area contributed by atoms with E-state index in [-0.39, 0.29) is 17.6 Å². The van der Waals surface area contributed by atoms with Crippen molar-refractivity contribution in [2.75, 3.05) is 10.6 Å². The first-order chi connectivity index (χ1) is 15.0. The Labute approximate surface area is 192 Å². The molecule has 1 amide bonds. The topological polar surface area (TPSA) is 75.7 Å². The molecule has 7 heteroatoms. The highest BCUT2D eigenvalue weighted by atomic mass is 32.2. The van der Waals surface area contributed by atoms with E-state index in [0.717, 1.165) is 41.5 Å². The van der Waals surface area contributed by atoms with Gasteiger partial charge in [0.1, 0.15) is 17.4 Å². The summed E-state index contributed by atoms with van der Waals surface area (Å²) in [5.41, 5.74) is 2.93. The van der Waals surface area contributed by atoms with E-state index in [4.69, 9.17) is 4.74 Å². The third kappa shape index (κ3) is 4.93. The van der Waals surface area contributed by atoms with Crippen molar-refractivity contribution in [2.24, 2.45) is 0 Å². The van der Waals surface area contributed by atoms with Crippen LogP contribution in [0.3, 0.4) is 0 Å². The minimum absolute atomic E-state index is 0.254. The van der Waals surface area contributed by atoms with Crippen molar-refractivity contribution in [1.29, 1.82) is 0 Å². The van der Waals surface area contributed by atoms with Gasteiger partial charge in [-0.1, -0.05) is 38.1 Å². The molecule has 1 N–H and O–H groups in total. The van der Waals surface area contributed by atoms with Gasteiger partial charge in [-0.3, -0.25) is 9.10 Å². The molecule has 1 aliphatic heterocycles. The van der Waals surface area contributed by atoms with Crippen molar-refractivity contribution in [3.63, 3.8) is 0 Å². The van der Waals surface area contributed by atoms with E-state index >= 15 is 0 Å². The number of amides is 1. The van der Waals surface area contributed by atoms with Crippen LogP contribution in [0.2, 0.25) is 0 Å². The van der Waals surface area contributed by atoms with E-state index in [1.165, 1.54) is 4.31 Å². The molecule has 1 aliphatic rings. The van der Waals surface area contributed by atoms with Crippen LogP contribution in [0.1, 0.15) is 62.8 Å². The summed E-state index contributed by atoms with van der Waals surface area (Å²) in [7, 11) is -3.68. The van der Waals surface area contributed by atoms with Crippen LogP contribution in [0.4, 0.5) is 5.69 Å². The van der Waals surface area contributed by atoms with Gasteiger partial charge in [-0.2, -0.15) is 0 Å². The molecule has 2 aromatic carbocycles. The Morgan fingerprint density at radius 2 is 1.75 bits per heavy atom. The maximum Gasteiger partial charge on any atom is 0.244 e. The molecule has 2 atom stereocenters. The van der Waals surface area contributed by atoms with Crippen molar-refractivity contribution < 1.29 is 17.9 Å². The summed E-state index contributed by atoms with van der Waals surface area (Å²) < 4.78 is 33.0. The largest absolute Gasteiger partial charge is 0.487 e. The Balaban J connectivity index is 1.93. The smallest absolute Gasteiger partial charge is 0.244 e. The molecular weight excluding hydrogens is 424 g/mol. The molecule has 32 heavy (non-hydrogen) atoms. The SMILES string of the molecule is CCC1(CC)C[C@@H](NC(=O)[C@H](C)N(c2cc(C)cc(C)c2)S(C)(=O)=O)c2ccccc2O1. The number of fused-ring (bicyclic) bond motifs is 1. The average Bonchev–Trinajstić information content (AvgIpc) is 2.71. The van der Waals surface area contributed by atoms with E-state index in [9.17, 15) is 13.2 Å². The summed E-state index contributed by atoms with van der Waals surface area (Å²) in [4.78, 5) is 13.4. The van der Waals surface area contributed by atoms with Gasteiger partial charge >= 0.3 is 0 Å². The first-order valence-electron chi connectivity index (χ1n) is 11.2. The van der Waals surface area contributed by atoms with Crippen LogP contribution in [0.15, 0.2) is 42.5 Å². The maximum atomic E-state index is 13.4. The second-order valence-corrected chi connectivity index (χ2v) is 10.7. The number of rotatable bonds is 7. The fourth-order valence-electron chi connectivity index (χ4n) is 4.61. The number of carbonyl (C=O) groups is 1.